The molecule has 0 spiro atoms. The molecule has 0 aliphatic rings. The molecule has 92 valence electrons. The SMILES string of the molecule is CCCCC(C)(C)OCCC(C)(C)CC. The van der Waals surface area contributed by atoms with E-state index in [2.05, 4.69) is 41.5 Å². The fraction of sp³-hybridized carbons (Fsp3) is 1.00. The Morgan fingerprint density at radius 2 is 1.53 bits per heavy atom. The van der Waals surface area contributed by atoms with Crippen molar-refractivity contribution in [1.29, 1.82) is 0 Å². The fourth-order valence-electron chi connectivity index (χ4n) is 1.46. The van der Waals surface area contributed by atoms with Crippen molar-refractivity contribution in [3.05, 3.63) is 0 Å². The van der Waals surface area contributed by atoms with Crippen LogP contribution in [-0.4, -0.2) is 12.2 Å². The third-order valence-electron chi connectivity index (χ3n) is 3.36. The molecule has 0 unspecified atom stereocenters. The number of hydrogen-bond acceptors (Lipinski definition) is 1. The molecule has 0 bridgehead atoms. The lowest BCUT2D eigenvalue weighted by Crippen LogP contribution is -2.26. The first kappa shape index (κ1) is 15.0. The molecule has 0 aliphatic heterocycles. The van der Waals surface area contributed by atoms with Crippen LogP contribution in [0.2, 0.25) is 0 Å². The Hall–Kier alpha value is -0.0400. The first-order valence-corrected chi connectivity index (χ1v) is 6.47. The Morgan fingerprint density at radius 3 is 2.00 bits per heavy atom. The Bertz CT molecular complexity index is 159. The van der Waals surface area contributed by atoms with Gasteiger partial charge < -0.3 is 4.74 Å². The van der Waals surface area contributed by atoms with Crippen LogP contribution in [0.1, 0.15) is 73.6 Å². The maximum atomic E-state index is 5.97. The van der Waals surface area contributed by atoms with Crippen LogP contribution in [0.5, 0.6) is 0 Å². The van der Waals surface area contributed by atoms with Crippen LogP contribution < -0.4 is 0 Å². The third-order valence-corrected chi connectivity index (χ3v) is 3.36. The molecule has 15 heavy (non-hydrogen) atoms. The van der Waals surface area contributed by atoms with E-state index in [9.17, 15) is 0 Å². The first-order valence-electron chi connectivity index (χ1n) is 6.47. The summed E-state index contributed by atoms with van der Waals surface area (Å²) >= 11 is 0. The maximum absolute atomic E-state index is 5.97. The van der Waals surface area contributed by atoms with Crippen molar-refractivity contribution in [2.45, 2.75) is 79.2 Å². The molecule has 0 aromatic rings. The summed E-state index contributed by atoms with van der Waals surface area (Å²) in [5, 5.41) is 0. The first-order chi connectivity index (χ1) is 6.83. The molecular formula is C14H30O. The lowest BCUT2D eigenvalue weighted by molar-refractivity contribution is -0.0357. The topological polar surface area (TPSA) is 9.23 Å². The van der Waals surface area contributed by atoms with Crippen molar-refractivity contribution < 1.29 is 4.74 Å². The van der Waals surface area contributed by atoms with E-state index in [1.165, 1.54) is 32.1 Å². The molecule has 0 saturated carbocycles. The lowest BCUT2D eigenvalue weighted by atomic mass is 9.87. The summed E-state index contributed by atoms with van der Waals surface area (Å²) in [7, 11) is 0. The van der Waals surface area contributed by atoms with Crippen LogP contribution in [0, 0.1) is 5.41 Å². The van der Waals surface area contributed by atoms with Gasteiger partial charge in [-0.3, -0.25) is 0 Å². The smallest absolute Gasteiger partial charge is 0.0626 e. The van der Waals surface area contributed by atoms with Gasteiger partial charge in [-0.05, 0) is 32.1 Å². The minimum atomic E-state index is 0.0693. The van der Waals surface area contributed by atoms with E-state index >= 15 is 0 Å². The Labute approximate surface area is 96.6 Å². The molecule has 0 fully saturated rings. The van der Waals surface area contributed by atoms with Crippen LogP contribution in [0.25, 0.3) is 0 Å². The van der Waals surface area contributed by atoms with Gasteiger partial charge in [0, 0.05) is 6.61 Å². The van der Waals surface area contributed by atoms with E-state index in [0.29, 0.717) is 5.41 Å². The van der Waals surface area contributed by atoms with Crippen molar-refractivity contribution in [3.63, 3.8) is 0 Å². The van der Waals surface area contributed by atoms with Crippen molar-refractivity contribution in [3.8, 4) is 0 Å². The second-order valence-corrected chi connectivity index (χ2v) is 5.98. The second kappa shape index (κ2) is 6.52. The zero-order valence-corrected chi connectivity index (χ0v) is 11.7. The van der Waals surface area contributed by atoms with E-state index in [1.54, 1.807) is 0 Å². The van der Waals surface area contributed by atoms with Gasteiger partial charge in [-0.1, -0.05) is 47.0 Å². The average molecular weight is 214 g/mol. The van der Waals surface area contributed by atoms with E-state index in [0.717, 1.165) is 6.61 Å². The zero-order chi connectivity index (χ0) is 11.9. The van der Waals surface area contributed by atoms with E-state index in [4.69, 9.17) is 4.74 Å². The summed E-state index contributed by atoms with van der Waals surface area (Å²) in [4.78, 5) is 0. The molecule has 0 atom stereocenters. The van der Waals surface area contributed by atoms with Crippen molar-refractivity contribution in [1.82, 2.24) is 0 Å². The van der Waals surface area contributed by atoms with Crippen LogP contribution in [0.3, 0.4) is 0 Å². The number of unbranched alkanes of at least 4 members (excludes halogenated alkanes) is 1. The van der Waals surface area contributed by atoms with Crippen LogP contribution in [-0.2, 0) is 4.74 Å². The molecular weight excluding hydrogens is 184 g/mol. The van der Waals surface area contributed by atoms with Gasteiger partial charge in [0.1, 0.15) is 0 Å². The minimum absolute atomic E-state index is 0.0693. The highest BCUT2D eigenvalue weighted by Crippen LogP contribution is 2.26. The summed E-state index contributed by atoms with van der Waals surface area (Å²) in [5.74, 6) is 0. The maximum Gasteiger partial charge on any atom is 0.0626 e. The summed E-state index contributed by atoms with van der Waals surface area (Å²) in [6.07, 6.45) is 6.10. The summed E-state index contributed by atoms with van der Waals surface area (Å²) < 4.78 is 5.97. The summed E-state index contributed by atoms with van der Waals surface area (Å²) in [6, 6.07) is 0. The molecule has 0 amide bonds. The van der Waals surface area contributed by atoms with Gasteiger partial charge in [-0.25, -0.2) is 0 Å². The van der Waals surface area contributed by atoms with E-state index in [1.807, 2.05) is 0 Å². The molecule has 0 heterocycles. The zero-order valence-electron chi connectivity index (χ0n) is 11.7. The van der Waals surface area contributed by atoms with Gasteiger partial charge in [0.2, 0.25) is 0 Å². The van der Waals surface area contributed by atoms with Gasteiger partial charge in [0.05, 0.1) is 5.60 Å². The van der Waals surface area contributed by atoms with Crippen LogP contribution >= 0.6 is 0 Å². The number of ether oxygens (including phenoxy) is 1. The van der Waals surface area contributed by atoms with Gasteiger partial charge >= 0.3 is 0 Å². The molecule has 0 rings (SSSR count). The predicted molar refractivity (Wildman–Crippen MR) is 68.2 cm³/mol. The summed E-state index contributed by atoms with van der Waals surface area (Å²) in [5.41, 5.74) is 0.501. The van der Waals surface area contributed by atoms with Crippen molar-refractivity contribution >= 4 is 0 Å². The Morgan fingerprint density at radius 1 is 0.933 bits per heavy atom. The highest BCUT2D eigenvalue weighted by molar-refractivity contribution is 4.70. The standard InChI is InChI=1S/C14H30O/c1-7-9-10-14(5,6)15-12-11-13(3,4)8-2/h7-12H2,1-6H3. The molecule has 0 radical (unpaired) electrons. The number of rotatable bonds is 8. The third kappa shape index (κ3) is 7.84. The van der Waals surface area contributed by atoms with E-state index in [-0.39, 0.29) is 5.60 Å². The fourth-order valence-corrected chi connectivity index (χ4v) is 1.46. The monoisotopic (exact) mass is 214 g/mol. The largest absolute Gasteiger partial charge is 0.376 e. The predicted octanol–water partition coefficient (Wildman–Crippen LogP) is 4.80. The van der Waals surface area contributed by atoms with Crippen LogP contribution in [0.15, 0.2) is 0 Å². The Kier molecular flexibility index (Phi) is 6.51. The lowest BCUT2D eigenvalue weighted by Gasteiger charge is -2.28. The molecule has 0 N–H and O–H groups in total. The molecule has 0 saturated heterocycles. The van der Waals surface area contributed by atoms with Crippen molar-refractivity contribution in [2.75, 3.05) is 6.61 Å². The molecule has 0 aliphatic carbocycles. The minimum Gasteiger partial charge on any atom is -0.376 e. The normalized spacial score (nSPS) is 13.2. The second-order valence-electron chi connectivity index (χ2n) is 5.98. The Balaban J connectivity index is 3.74. The number of hydrogen-bond donors (Lipinski definition) is 0. The highest BCUT2D eigenvalue weighted by atomic mass is 16.5. The molecule has 0 aromatic carbocycles. The quantitative estimate of drug-likeness (QED) is 0.564. The van der Waals surface area contributed by atoms with Gasteiger partial charge in [-0.15, -0.1) is 0 Å². The van der Waals surface area contributed by atoms with Crippen LogP contribution in [0.4, 0.5) is 0 Å². The van der Waals surface area contributed by atoms with Gasteiger partial charge in [0.25, 0.3) is 0 Å². The van der Waals surface area contributed by atoms with Gasteiger partial charge in [0.15, 0.2) is 0 Å². The average Bonchev–Trinajstić information content (AvgIpc) is 2.14. The summed E-state index contributed by atoms with van der Waals surface area (Å²) in [6.45, 7) is 14.4. The van der Waals surface area contributed by atoms with Crippen molar-refractivity contribution in [2.24, 2.45) is 5.41 Å². The van der Waals surface area contributed by atoms with Gasteiger partial charge in [-0.2, -0.15) is 0 Å². The molecule has 1 heteroatoms. The molecule has 1 nitrogen and oxygen atoms in total. The van der Waals surface area contributed by atoms with E-state index < -0.39 is 0 Å². The molecule has 0 aromatic heterocycles. The highest BCUT2D eigenvalue weighted by Gasteiger charge is 2.20.